The number of ether oxygens (including phenoxy) is 2. The number of aromatic amines is 1. The Morgan fingerprint density at radius 3 is 2.74 bits per heavy atom. The summed E-state index contributed by atoms with van der Waals surface area (Å²) in [4.78, 5) is 24.2. The van der Waals surface area contributed by atoms with Crippen LogP contribution >= 0.6 is 0 Å². The van der Waals surface area contributed by atoms with Crippen molar-refractivity contribution in [1.82, 2.24) is 19.5 Å². The molecule has 4 aromatic heterocycles. The van der Waals surface area contributed by atoms with Crippen LogP contribution in [0.25, 0.3) is 38.7 Å². The lowest BCUT2D eigenvalue weighted by molar-refractivity contribution is 0.420. The van der Waals surface area contributed by atoms with Crippen LogP contribution in [-0.4, -0.2) is 26.6 Å². The van der Waals surface area contributed by atoms with Gasteiger partial charge in [-0.15, -0.1) is 0 Å². The molecule has 6 rings (SSSR count). The first kappa shape index (κ1) is 20.0. The van der Waals surface area contributed by atoms with Gasteiger partial charge in [0.2, 0.25) is 11.3 Å². The van der Waals surface area contributed by atoms with E-state index in [0.29, 0.717) is 22.7 Å². The standard InChI is InChI=1S/C27H20N4O3/c1-16-10-12-29-24(14-16)31-20-4-3-5-23(33-2)26(20)18-7-6-17(15-21(18)31)34-25-9-8-19-27(30-25)22(32)11-13-28-19/h3-15H,1-2H3,(H,28,32). The second kappa shape index (κ2) is 7.74. The van der Waals surface area contributed by atoms with Gasteiger partial charge in [-0.3, -0.25) is 9.36 Å². The number of nitrogens with zero attached hydrogens (tertiary/aromatic N) is 3. The Kier molecular flexibility index (Phi) is 4.55. The van der Waals surface area contributed by atoms with Crippen LogP contribution in [0.3, 0.4) is 0 Å². The highest BCUT2D eigenvalue weighted by atomic mass is 16.5. The van der Waals surface area contributed by atoms with Crippen LogP contribution in [0.4, 0.5) is 0 Å². The maximum atomic E-state index is 12.2. The number of methoxy groups -OCH3 is 1. The Hall–Kier alpha value is -4.65. The molecule has 2 aromatic carbocycles. The Labute approximate surface area is 194 Å². The van der Waals surface area contributed by atoms with E-state index < -0.39 is 0 Å². The molecule has 7 heteroatoms. The zero-order valence-electron chi connectivity index (χ0n) is 18.6. The van der Waals surface area contributed by atoms with E-state index in [1.165, 1.54) is 6.07 Å². The average Bonchev–Trinajstić information content (AvgIpc) is 3.18. The molecule has 0 saturated carbocycles. The maximum absolute atomic E-state index is 12.2. The third kappa shape index (κ3) is 3.17. The predicted octanol–water partition coefficient (Wildman–Crippen LogP) is 5.52. The summed E-state index contributed by atoms with van der Waals surface area (Å²) in [6.45, 7) is 2.04. The fraction of sp³-hybridized carbons (Fsp3) is 0.0741. The highest BCUT2D eigenvalue weighted by Gasteiger charge is 2.17. The number of fused-ring (bicyclic) bond motifs is 4. The topological polar surface area (TPSA) is 82.0 Å². The first-order chi connectivity index (χ1) is 16.6. The van der Waals surface area contributed by atoms with Crippen LogP contribution in [0.1, 0.15) is 5.56 Å². The van der Waals surface area contributed by atoms with Crippen molar-refractivity contribution in [3.8, 4) is 23.2 Å². The SMILES string of the molecule is COc1cccc2c1c1ccc(Oc3ccc4[nH]ccc(=O)c4n3)cc1n2-c1cc(C)ccn1. The van der Waals surface area contributed by atoms with Crippen molar-refractivity contribution in [3.63, 3.8) is 0 Å². The summed E-state index contributed by atoms with van der Waals surface area (Å²) in [5, 5.41) is 2.02. The van der Waals surface area contributed by atoms with E-state index in [0.717, 1.165) is 38.9 Å². The second-order valence-corrected chi connectivity index (χ2v) is 8.05. The van der Waals surface area contributed by atoms with Gasteiger partial charge in [-0.05, 0) is 55.0 Å². The molecule has 0 saturated heterocycles. The number of hydrogen-bond acceptors (Lipinski definition) is 5. The van der Waals surface area contributed by atoms with E-state index in [4.69, 9.17) is 9.47 Å². The van der Waals surface area contributed by atoms with E-state index in [1.54, 1.807) is 31.6 Å². The number of nitrogens with one attached hydrogen (secondary N) is 1. The molecule has 0 aliphatic heterocycles. The van der Waals surface area contributed by atoms with Crippen LogP contribution < -0.4 is 14.9 Å². The van der Waals surface area contributed by atoms with Crippen molar-refractivity contribution in [2.45, 2.75) is 6.92 Å². The van der Waals surface area contributed by atoms with Gasteiger partial charge in [0, 0.05) is 41.4 Å². The molecule has 0 radical (unpaired) electrons. The molecule has 1 N–H and O–H groups in total. The number of hydrogen-bond donors (Lipinski definition) is 1. The highest BCUT2D eigenvalue weighted by molar-refractivity contribution is 6.12. The number of H-pyrrole nitrogens is 1. The fourth-order valence-corrected chi connectivity index (χ4v) is 4.35. The minimum atomic E-state index is -0.160. The quantitative estimate of drug-likeness (QED) is 0.384. The maximum Gasteiger partial charge on any atom is 0.220 e. The van der Waals surface area contributed by atoms with Gasteiger partial charge in [0.1, 0.15) is 22.8 Å². The number of benzene rings is 2. The zero-order valence-corrected chi connectivity index (χ0v) is 18.6. The highest BCUT2D eigenvalue weighted by Crippen LogP contribution is 2.39. The summed E-state index contributed by atoms with van der Waals surface area (Å²) in [7, 11) is 1.67. The van der Waals surface area contributed by atoms with Crippen LogP contribution in [-0.2, 0) is 0 Å². The Morgan fingerprint density at radius 2 is 1.88 bits per heavy atom. The second-order valence-electron chi connectivity index (χ2n) is 8.05. The molecule has 0 amide bonds. The molecule has 0 aliphatic rings. The molecule has 0 bridgehead atoms. The monoisotopic (exact) mass is 448 g/mol. The molecule has 0 unspecified atom stereocenters. The molecule has 166 valence electrons. The normalized spacial score (nSPS) is 11.4. The number of aryl methyl sites for hydroxylation is 1. The molecule has 34 heavy (non-hydrogen) atoms. The van der Waals surface area contributed by atoms with Gasteiger partial charge in [0.15, 0.2) is 0 Å². The third-order valence-electron chi connectivity index (χ3n) is 5.87. The van der Waals surface area contributed by atoms with Gasteiger partial charge in [0.05, 0.1) is 23.7 Å². The summed E-state index contributed by atoms with van der Waals surface area (Å²) in [6.07, 6.45) is 3.41. The van der Waals surface area contributed by atoms with Crippen LogP contribution in [0.5, 0.6) is 17.4 Å². The van der Waals surface area contributed by atoms with Crippen molar-refractivity contribution in [2.75, 3.05) is 7.11 Å². The molecular weight excluding hydrogens is 428 g/mol. The molecule has 6 aromatic rings. The number of aromatic nitrogens is 4. The number of pyridine rings is 3. The lowest BCUT2D eigenvalue weighted by atomic mass is 10.1. The number of rotatable bonds is 4. The minimum absolute atomic E-state index is 0.160. The molecule has 0 aliphatic carbocycles. The van der Waals surface area contributed by atoms with E-state index >= 15 is 0 Å². The van der Waals surface area contributed by atoms with Crippen molar-refractivity contribution < 1.29 is 9.47 Å². The van der Waals surface area contributed by atoms with E-state index in [2.05, 4.69) is 25.6 Å². The molecule has 0 atom stereocenters. The Morgan fingerprint density at radius 1 is 0.971 bits per heavy atom. The third-order valence-corrected chi connectivity index (χ3v) is 5.87. The lowest BCUT2D eigenvalue weighted by Gasteiger charge is -2.09. The molecular formula is C27H20N4O3. The van der Waals surface area contributed by atoms with E-state index in [1.807, 2.05) is 49.4 Å². The van der Waals surface area contributed by atoms with Gasteiger partial charge < -0.3 is 14.5 Å². The van der Waals surface area contributed by atoms with Gasteiger partial charge in [-0.2, -0.15) is 0 Å². The van der Waals surface area contributed by atoms with Crippen LogP contribution in [0.2, 0.25) is 0 Å². The van der Waals surface area contributed by atoms with Crippen LogP contribution in [0, 0.1) is 6.92 Å². The van der Waals surface area contributed by atoms with Gasteiger partial charge >= 0.3 is 0 Å². The summed E-state index contributed by atoms with van der Waals surface area (Å²) < 4.78 is 13.9. The van der Waals surface area contributed by atoms with Gasteiger partial charge in [-0.25, -0.2) is 9.97 Å². The molecule has 0 fully saturated rings. The van der Waals surface area contributed by atoms with E-state index in [-0.39, 0.29) is 5.43 Å². The largest absolute Gasteiger partial charge is 0.496 e. The first-order valence-electron chi connectivity index (χ1n) is 10.8. The Balaban J connectivity index is 1.56. The summed E-state index contributed by atoms with van der Waals surface area (Å²) >= 11 is 0. The summed E-state index contributed by atoms with van der Waals surface area (Å²) in [5.41, 5.74) is 3.86. The zero-order chi connectivity index (χ0) is 23.2. The van der Waals surface area contributed by atoms with Crippen LogP contribution in [0.15, 0.2) is 83.9 Å². The van der Waals surface area contributed by atoms with Crippen molar-refractivity contribution in [2.24, 2.45) is 0 Å². The van der Waals surface area contributed by atoms with Gasteiger partial charge in [0.25, 0.3) is 0 Å². The molecule has 4 heterocycles. The summed E-state index contributed by atoms with van der Waals surface area (Å²) in [6, 6.07) is 20.8. The lowest BCUT2D eigenvalue weighted by Crippen LogP contribution is -2.03. The predicted molar refractivity (Wildman–Crippen MR) is 132 cm³/mol. The Bertz CT molecular complexity index is 1770. The van der Waals surface area contributed by atoms with E-state index in [9.17, 15) is 4.79 Å². The summed E-state index contributed by atoms with van der Waals surface area (Å²) in [5.74, 6) is 2.54. The average molecular weight is 448 g/mol. The fourth-order valence-electron chi connectivity index (χ4n) is 4.35. The first-order valence-corrected chi connectivity index (χ1v) is 10.8. The van der Waals surface area contributed by atoms with Crippen molar-refractivity contribution in [3.05, 3.63) is 94.9 Å². The minimum Gasteiger partial charge on any atom is -0.496 e. The van der Waals surface area contributed by atoms with Gasteiger partial charge in [-0.1, -0.05) is 6.07 Å². The molecule has 7 nitrogen and oxygen atoms in total. The van der Waals surface area contributed by atoms with Crippen molar-refractivity contribution >= 4 is 32.8 Å². The van der Waals surface area contributed by atoms with Crippen molar-refractivity contribution in [1.29, 1.82) is 0 Å². The molecule has 0 spiro atoms. The smallest absolute Gasteiger partial charge is 0.220 e.